The monoisotopic (exact) mass is 439 g/mol. The van der Waals surface area contributed by atoms with Crippen LogP contribution < -0.4 is 9.80 Å². The molecule has 4 nitrogen and oxygen atoms in total. The van der Waals surface area contributed by atoms with Crippen LogP contribution in [0, 0.1) is 0 Å². The van der Waals surface area contributed by atoms with Crippen LogP contribution in [-0.2, 0) is 0 Å². The predicted octanol–water partition coefficient (Wildman–Crippen LogP) is 4.84. The highest BCUT2D eigenvalue weighted by Gasteiger charge is 2.34. The third-order valence-electron chi connectivity index (χ3n) is 4.28. The number of ketones is 1. The minimum atomic E-state index is -0.0153. The van der Waals surface area contributed by atoms with E-state index in [1.807, 2.05) is 23.1 Å². The quantitative estimate of drug-likeness (QED) is 0.640. The summed E-state index contributed by atoms with van der Waals surface area (Å²) in [7, 11) is 0. The normalized spacial score (nSPS) is 15.2. The fraction of sp³-hybridized carbons (Fsp3) is 0.222. The average Bonchev–Trinajstić information content (AvgIpc) is 2.92. The molecule has 0 N–H and O–H groups in total. The van der Waals surface area contributed by atoms with E-state index in [2.05, 4.69) is 16.0 Å². The molecule has 130 valence electrons. The summed E-state index contributed by atoms with van der Waals surface area (Å²) >= 11 is 12.0. The number of halogens is 3. The summed E-state index contributed by atoms with van der Waals surface area (Å²) in [6.45, 7) is 1.94. The van der Waals surface area contributed by atoms with Gasteiger partial charge in [0.15, 0.2) is 5.78 Å². The molecule has 2 heterocycles. The maximum absolute atomic E-state index is 12.7. The summed E-state index contributed by atoms with van der Waals surface area (Å²) in [4.78, 5) is 21.5. The van der Waals surface area contributed by atoms with Gasteiger partial charge in [-0.1, -0.05) is 35.3 Å². The van der Waals surface area contributed by atoms with Crippen LogP contribution >= 0.6 is 40.2 Å². The number of para-hydroxylation sites is 2. The molecule has 0 aliphatic carbocycles. The van der Waals surface area contributed by atoms with Gasteiger partial charge >= 0.3 is 0 Å². The van der Waals surface area contributed by atoms with E-state index in [1.165, 1.54) is 0 Å². The maximum Gasteiger partial charge on any atom is 0.206 e. The van der Waals surface area contributed by atoms with Crippen molar-refractivity contribution in [2.45, 2.75) is 6.42 Å². The topological polar surface area (TPSA) is 35.9 Å². The van der Waals surface area contributed by atoms with Gasteiger partial charge in [-0.3, -0.25) is 9.79 Å². The van der Waals surface area contributed by atoms with Gasteiger partial charge in [-0.25, -0.2) is 0 Å². The Kier molecular flexibility index (Phi) is 5.37. The molecule has 2 aliphatic rings. The molecular formula is C18H16BrCl2N3O. The highest BCUT2D eigenvalue weighted by molar-refractivity contribution is 8.93. The zero-order chi connectivity index (χ0) is 16.7. The molecule has 2 aromatic carbocycles. The molecule has 0 bridgehead atoms. The first kappa shape index (κ1) is 18.2. The molecule has 25 heavy (non-hydrogen) atoms. The molecule has 0 saturated heterocycles. The van der Waals surface area contributed by atoms with Gasteiger partial charge in [0.25, 0.3) is 0 Å². The van der Waals surface area contributed by atoms with Crippen molar-refractivity contribution in [3.63, 3.8) is 0 Å². The van der Waals surface area contributed by atoms with Crippen molar-refractivity contribution in [2.75, 3.05) is 29.4 Å². The lowest BCUT2D eigenvalue weighted by molar-refractivity contribution is 0.100. The molecule has 0 radical (unpaired) electrons. The lowest BCUT2D eigenvalue weighted by Gasteiger charge is -2.26. The van der Waals surface area contributed by atoms with Gasteiger partial charge in [-0.2, -0.15) is 0 Å². The number of hydrogen-bond donors (Lipinski definition) is 0. The van der Waals surface area contributed by atoms with Crippen LogP contribution in [0.15, 0.2) is 47.5 Å². The summed E-state index contributed by atoms with van der Waals surface area (Å²) < 4.78 is 0. The van der Waals surface area contributed by atoms with E-state index in [1.54, 1.807) is 18.2 Å². The Bertz CT molecular complexity index is 856. The van der Waals surface area contributed by atoms with Crippen molar-refractivity contribution >= 4 is 63.3 Å². The van der Waals surface area contributed by atoms with Crippen LogP contribution in [0.2, 0.25) is 10.0 Å². The fourth-order valence-corrected chi connectivity index (χ4v) is 3.44. The number of carbonyl (C=O) groups excluding carboxylic acids is 1. The van der Waals surface area contributed by atoms with Crippen LogP contribution in [0.25, 0.3) is 0 Å². The number of aliphatic imine (C=N–C) groups is 1. The smallest absolute Gasteiger partial charge is 0.206 e. The van der Waals surface area contributed by atoms with Crippen LogP contribution in [0.4, 0.5) is 11.4 Å². The van der Waals surface area contributed by atoms with Crippen LogP contribution in [-0.4, -0.2) is 31.4 Å². The zero-order valence-corrected chi connectivity index (χ0v) is 16.5. The number of rotatable bonds is 3. The summed E-state index contributed by atoms with van der Waals surface area (Å²) in [5.74, 6) is 0.842. The van der Waals surface area contributed by atoms with E-state index in [9.17, 15) is 4.79 Å². The molecule has 0 saturated carbocycles. The summed E-state index contributed by atoms with van der Waals surface area (Å²) in [6.07, 6.45) is 1.02. The van der Waals surface area contributed by atoms with Gasteiger partial charge < -0.3 is 9.80 Å². The number of guanidine groups is 1. The lowest BCUT2D eigenvalue weighted by Crippen LogP contribution is -2.43. The van der Waals surface area contributed by atoms with E-state index in [0.717, 1.165) is 36.8 Å². The third kappa shape index (κ3) is 3.28. The first-order chi connectivity index (χ1) is 11.6. The number of hydrogen-bond acceptors (Lipinski definition) is 4. The van der Waals surface area contributed by atoms with Gasteiger partial charge in [-0.05, 0) is 36.8 Å². The van der Waals surface area contributed by atoms with Crippen molar-refractivity contribution in [2.24, 2.45) is 4.99 Å². The molecular weight excluding hydrogens is 425 g/mol. The summed E-state index contributed by atoms with van der Waals surface area (Å²) in [6, 6.07) is 13.1. The Hall–Kier alpha value is -1.56. The Morgan fingerprint density at radius 1 is 1.08 bits per heavy atom. The fourth-order valence-electron chi connectivity index (χ4n) is 3.14. The van der Waals surface area contributed by atoms with Gasteiger partial charge in [0, 0.05) is 18.7 Å². The highest BCUT2D eigenvalue weighted by atomic mass is 79.9. The number of fused-ring (bicyclic) bond motifs is 3. The molecule has 0 atom stereocenters. The van der Waals surface area contributed by atoms with Crippen LogP contribution in [0.3, 0.4) is 0 Å². The molecule has 4 rings (SSSR count). The second-order valence-electron chi connectivity index (χ2n) is 5.81. The van der Waals surface area contributed by atoms with E-state index >= 15 is 0 Å². The minimum absolute atomic E-state index is 0. The summed E-state index contributed by atoms with van der Waals surface area (Å²) in [5, 5.41) is 0.837. The molecule has 0 spiro atoms. The second kappa shape index (κ2) is 7.36. The average molecular weight is 441 g/mol. The van der Waals surface area contributed by atoms with Crippen molar-refractivity contribution in [3.8, 4) is 0 Å². The minimum Gasteiger partial charge on any atom is -0.310 e. The van der Waals surface area contributed by atoms with Crippen LogP contribution in [0.1, 0.15) is 16.8 Å². The molecule has 0 amide bonds. The second-order valence-corrected chi connectivity index (χ2v) is 6.63. The Morgan fingerprint density at radius 2 is 1.84 bits per heavy atom. The van der Waals surface area contributed by atoms with E-state index in [4.69, 9.17) is 23.2 Å². The molecule has 0 aromatic heterocycles. The largest absolute Gasteiger partial charge is 0.310 e. The third-order valence-corrected chi connectivity index (χ3v) is 5.02. The van der Waals surface area contributed by atoms with E-state index < -0.39 is 0 Å². The Labute approximate surface area is 166 Å². The van der Waals surface area contributed by atoms with Gasteiger partial charge in [0.1, 0.15) is 0 Å². The predicted molar refractivity (Wildman–Crippen MR) is 109 cm³/mol. The Morgan fingerprint density at radius 3 is 2.60 bits per heavy atom. The molecule has 0 unspecified atom stereocenters. The molecule has 2 aromatic rings. The maximum atomic E-state index is 12.7. The molecule has 7 heteroatoms. The van der Waals surface area contributed by atoms with Crippen molar-refractivity contribution in [3.05, 3.63) is 58.1 Å². The number of carbonyl (C=O) groups is 1. The SMILES string of the molecule is Br.O=C(CN1C2=NCCCN2c2ccccc21)c1ccc(Cl)c(Cl)c1. The van der Waals surface area contributed by atoms with Crippen molar-refractivity contribution < 1.29 is 4.79 Å². The van der Waals surface area contributed by atoms with Crippen molar-refractivity contribution in [1.29, 1.82) is 0 Å². The lowest BCUT2D eigenvalue weighted by atomic mass is 10.1. The molecule has 0 fully saturated rings. The van der Waals surface area contributed by atoms with Crippen molar-refractivity contribution in [1.82, 2.24) is 0 Å². The van der Waals surface area contributed by atoms with E-state index in [0.29, 0.717) is 15.6 Å². The first-order valence-corrected chi connectivity index (χ1v) is 8.57. The number of Topliss-reactive ketones (excluding diaryl/α,β-unsaturated/α-hetero) is 1. The number of benzene rings is 2. The Balaban J connectivity index is 0.00000182. The first-order valence-electron chi connectivity index (χ1n) is 7.82. The highest BCUT2D eigenvalue weighted by Crippen LogP contribution is 2.38. The van der Waals surface area contributed by atoms with Gasteiger partial charge in [-0.15, -0.1) is 17.0 Å². The van der Waals surface area contributed by atoms with Gasteiger partial charge in [0.05, 0.1) is 28.0 Å². The zero-order valence-electron chi connectivity index (χ0n) is 13.3. The standard InChI is InChI=1S/C18H15Cl2N3O.BrH/c19-13-7-6-12(10-14(13)20)17(24)11-23-16-5-2-1-4-15(16)22-9-3-8-21-18(22)23;/h1-2,4-7,10H,3,8-9,11H2;1H. The molecule has 2 aliphatic heterocycles. The van der Waals surface area contributed by atoms with E-state index in [-0.39, 0.29) is 29.3 Å². The van der Waals surface area contributed by atoms with Crippen LogP contribution in [0.5, 0.6) is 0 Å². The number of nitrogens with zero attached hydrogens (tertiary/aromatic N) is 3. The van der Waals surface area contributed by atoms with Gasteiger partial charge in [0.2, 0.25) is 5.96 Å². The number of anilines is 2. The summed E-state index contributed by atoms with van der Waals surface area (Å²) in [5.41, 5.74) is 2.68.